The second kappa shape index (κ2) is 2.50. The first kappa shape index (κ1) is 9.09. The van der Waals surface area contributed by atoms with E-state index in [1.165, 1.54) is 0 Å². The molecule has 0 aliphatic heterocycles. The van der Waals surface area contributed by atoms with E-state index in [0.717, 1.165) is 23.7 Å². The van der Waals surface area contributed by atoms with Crippen LogP contribution >= 0.6 is 0 Å². The summed E-state index contributed by atoms with van der Waals surface area (Å²) in [4.78, 5) is 0. The molecule has 1 aliphatic rings. The predicted molar refractivity (Wildman–Crippen MR) is 50.4 cm³/mol. The number of rotatable bonds is 2. The lowest BCUT2D eigenvalue weighted by Gasteiger charge is -2.24. The third kappa shape index (κ3) is 1.11. The van der Waals surface area contributed by atoms with Crippen LogP contribution in [0.1, 0.15) is 41.5 Å². The van der Waals surface area contributed by atoms with Crippen molar-refractivity contribution < 1.29 is 0 Å². The van der Waals surface area contributed by atoms with Gasteiger partial charge in [-0.15, -0.1) is 0 Å². The highest BCUT2D eigenvalue weighted by Crippen LogP contribution is 2.63. The van der Waals surface area contributed by atoms with Crippen molar-refractivity contribution >= 4 is 0 Å². The normalized spacial score (nSPS) is 46.1. The van der Waals surface area contributed by atoms with E-state index in [1.54, 1.807) is 0 Å². The van der Waals surface area contributed by atoms with Crippen molar-refractivity contribution in [1.29, 1.82) is 0 Å². The summed E-state index contributed by atoms with van der Waals surface area (Å²) in [6.45, 7) is 14.3. The summed E-state index contributed by atoms with van der Waals surface area (Å²) in [5.74, 6) is 3.61. The molecule has 0 heterocycles. The molecule has 1 saturated carbocycles. The van der Waals surface area contributed by atoms with Gasteiger partial charge in [0.05, 0.1) is 0 Å². The molecule has 0 aromatic rings. The maximum atomic E-state index is 2.45. The molecule has 0 aromatic heterocycles. The zero-order valence-corrected chi connectivity index (χ0v) is 8.81. The quantitative estimate of drug-likeness (QED) is 0.570. The molecule has 1 rings (SSSR count). The van der Waals surface area contributed by atoms with Crippen LogP contribution in [0.15, 0.2) is 0 Å². The zero-order chi connectivity index (χ0) is 8.81. The van der Waals surface area contributed by atoms with Gasteiger partial charge in [0.15, 0.2) is 0 Å². The minimum atomic E-state index is 0.647. The first-order valence-corrected chi connectivity index (χ1v) is 4.92. The molecular weight excluding hydrogens is 132 g/mol. The topological polar surface area (TPSA) is 0 Å². The van der Waals surface area contributed by atoms with E-state index < -0.39 is 0 Å². The van der Waals surface area contributed by atoms with Gasteiger partial charge in [0.2, 0.25) is 0 Å². The monoisotopic (exact) mass is 154 g/mol. The Morgan fingerprint density at radius 3 is 1.45 bits per heavy atom. The molecule has 0 saturated heterocycles. The van der Waals surface area contributed by atoms with Crippen LogP contribution in [0.5, 0.6) is 0 Å². The van der Waals surface area contributed by atoms with Crippen molar-refractivity contribution in [3.63, 3.8) is 0 Å². The second-order valence-corrected chi connectivity index (χ2v) is 4.98. The van der Waals surface area contributed by atoms with Crippen LogP contribution in [0.25, 0.3) is 0 Å². The molecule has 3 atom stereocenters. The van der Waals surface area contributed by atoms with E-state index in [0.29, 0.717) is 5.41 Å². The lowest BCUT2D eigenvalue weighted by atomic mass is 9.81. The molecule has 66 valence electrons. The molecule has 3 unspecified atom stereocenters. The molecule has 11 heavy (non-hydrogen) atoms. The SMILES string of the molecule is CC(C)C(C)C1(C)C(C)C1C. The van der Waals surface area contributed by atoms with E-state index in [9.17, 15) is 0 Å². The summed E-state index contributed by atoms with van der Waals surface area (Å²) in [5, 5.41) is 0. The lowest BCUT2D eigenvalue weighted by Crippen LogP contribution is -2.17. The minimum absolute atomic E-state index is 0.647. The lowest BCUT2D eigenvalue weighted by molar-refractivity contribution is 0.244. The highest BCUT2D eigenvalue weighted by Gasteiger charge is 2.58. The third-order valence-electron chi connectivity index (χ3n) is 4.58. The maximum Gasteiger partial charge on any atom is -0.0241 e. The van der Waals surface area contributed by atoms with Gasteiger partial charge in [0, 0.05) is 0 Å². The van der Waals surface area contributed by atoms with Gasteiger partial charge in [-0.2, -0.15) is 0 Å². The van der Waals surface area contributed by atoms with Crippen LogP contribution in [0.3, 0.4) is 0 Å². The Morgan fingerprint density at radius 1 is 1.00 bits per heavy atom. The summed E-state index contributed by atoms with van der Waals surface area (Å²) in [6.07, 6.45) is 0. The Labute approximate surface area is 71.4 Å². The predicted octanol–water partition coefficient (Wildman–Crippen LogP) is 3.57. The van der Waals surface area contributed by atoms with Crippen LogP contribution in [-0.2, 0) is 0 Å². The van der Waals surface area contributed by atoms with Crippen LogP contribution in [0.4, 0.5) is 0 Å². The Kier molecular flexibility index (Phi) is 2.07. The van der Waals surface area contributed by atoms with Crippen molar-refractivity contribution in [2.45, 2.75) is 41.5 Å². The van der Waals surface area contributed by atoms with Crippen molar-refractivity contribution in [1.82, 2.24) is 0 Å². The first-order valence-electron chi connectivity index (χ1n) is 4.92. The van der Waals surface area contributed by atoms with Crippen LogP contribution in [0.2, 0.25) is 0 Å². The largest absolute Gasteiger partial charge is 0.0625 e. The Balaban J connectivity index is 2.62. The molecule has 0 heteroatoms. The van der Waals surface area contributed by atoms with Gasteiger partial charge >= 0.3 is 0 Å². The first-order chi connectivity index (χ1) is 4.92. The summed E-state index contributed by atoms with van der Waals surface area (Å²) in [5.41, 5.74) is 0.647. The maximum absolute atomic E-state index is 2.45. The highest BCUT2D eigenvalue weighted by atomic mass is 14.6. The fraction of sp³-hybridized carbons (Fsp3) is 1.00. The molecule has 0 bridgehead atoms. The molecule has 0 radical (unpaired) electrons. The number of hydrogen-bond acceptors (Lipinski definition) is 0. The van der Waals surface area contributed by atoms with Crippen LogP contribution in [-0.4, -0.2) is 0 Å². The van der Waals surface area contributed by atoms with Crippen molar-refractivity contribution in [3.8, 4) is 0 Å². The minimum Gasteiger partial charge on any atom is -0.0625 e. The fourth-order valence-corrected chi connectivity index (χ4v) is 2.56. The average molecular weight is 154 g/mol. The van der Waals surface area contributed by atoms with E-state index in [-0.39, 0.29) is 0 Å². The van der Waals surface area contributed by atoms with Gasteiger partial charge in [-0.05, 0) is 29.1 Å². The third-order valence-corrected chi connectivity index (χ3v) is 4.58. The van der Waals surface area contributed by atoms with Gasteiger partial charge in [-0.1, -0.05) is 41.5 Å². The summed E-state index contributed by atoms with van der Waals surface area (Å²) >= 11 is 0. The van der Waals surface area contributed by atoms with Crippen molar-refractivity contribution in [2.75, 3.05) is 0 Å². The van der Waals surface area contributed by atoms with Gasteiger partial charge in [-0.3, -0.25) is 0 Å². The fourth-order valence-electron chi connectivity index (χ4n) is 2.56. The summed E-state index contributed by atoms with van der Waals surface area (Å²) < 4.78 is 0. The summed E-state index contributed by atoms with van der Waals surface area (Å²) in [6, 6.07) is 0. The van der Waals surface area contributed by atoms with Crippen LogP contribution < -0.4 is 0 Å². The van der Waals surface area contributed by atoms with Gasteiger partial charge in [0.1, 0.15) is 0 Å². The number of hydrogen-bond donors (Lipinski definition) is 0. The smallest absolute Gasteiger partial charge is 0.0241 e. The molecule has 1 aliphatic carbocycles. The van der Waals surface area contributed by atoms with Gasteiger partial charge in [-0.25, -0.2) is 0 Å². The Morgan fingerprint density at radius 2 is 1.36 bits per heavy atom. The molecule has 0 amide bonds. The summed E-state index contributed by atoms with van der Waals surface area (Å²) in [7, 11) is 0. The van der Waals surface area contributed by atoms with Gasteiger partial charge in [0.25, 0.3) is 0 Å². The molecule has 1 fully saturated rings. The van der Waals surface area contributed by atoms with E-state index in [2.05, 4.69) is 41.5 Å². The molecule has 0 aromatic carbocycles. The van der Waals surface area contributed by atoms with E-state index in [4.69, 9.17) is 0 Å². The van der Waals surface area contributed by atoms with E-state index in [1.807, 2.05) is 0 Å². The molecule has 0 nitrogen and oxygen atoms in total. The Hall–Kier alpha value is 0. The highest BCUT2D eigenvalue weighted by molar-refractivity contribution is 5.06. The van der Waals surface area contributed by atoms with Crippen LogP contribution in [0, 0.1) is 29.1 Å². The molecule has 0 N–H and O–H groups in total. The zero-order valence-electron chi connectivity index (χ0n) is 8.81. The molecular formula is C11H22. The van der Waals surface area contributed by atoms with Gasteiger partial charge < -0.3 is 0 Å². The average Bonchev–Trinajstić information content (AvgIpc) is 2.41. The second-order valence-electron chi connectivity index (χ2n) is 4.98. The van der Waals surface area contributed by atoms with Crippen molar-refractivity contribution in [3.05, 3.63) is 0 Å². The van der Waals surface area contributed by atoms with Crippen molar-refractivity contribution in [2.24, 2.45) is 29.1 Å². The molecule has 0 spiro atoms. The Bertz CT molecular complexity index is 138. The standard InChI is InChI=1S/C11H22/c1-7(2)8(3)11(6)9(4)10(11)5/h7-10H,1-6H3. The van der Waals surface area contributed by atoms with E-state index >= 15 is 0 Å².